The number of carbonyl (C=O) groups is 3. The van der Waals surface area contributed by atoms with E-state index in [2.05, 4.69) is 0 Å². The third kappa shape index (κ3) is 5.29. The van der Waals surface area contributed by atoms with Gasteiger partial charge >= 0.3 is 0 Å². The van der Waals surface area contributed by atoms with Crippen LogP contribution >= 0.6 is 0 Å². The van der Waals surface area contributed by atoms with Gasteiger partial charge in [-0.05, 0) is 42.3 Å². The first-order chi connectivity index (χ1) is 18.8. The molecule has 0 saturated carbocycles. The van der Waals surface area contributed by atoms with E-state index in [9.17, 15) is 18.8 Å². The number of benzene rings is 3. The van der Waals surface area contributed by atoms with Crippen molar-refractivity contribution in [2.24, 2.45) is 0 Å². The Hall–Kier alpha value is -4.04. The number of carbonyl (C=O) groups excluding carboxylic acids is 3. The minimum atomic E-state index is -1.07. The predicted molar refractivity (Wildman–Crippen MR) is 144 cm³/mol. The summed E-state index contributed by atoms with van der Waals surface area (Å²) in [6, 6.07) is 21.7. The zero-order chi connectivity index (χ0) is 27.6. The lowest BCUT2D eigenvalue weighted by Gasteiger charge is -2.45. The fourth-order valence-corrected chi connectivity index (χ4v) is 5.55. The number of piperidine rings is 1. The molecule has 3 aromatic carbocycles. The van der Waals surface area contributed by atoms with Crippen LogP contribution in [-0.2, 0) is 16.1 Å². The quantitative estimate of drug-likeness (QED) is 0.495. The molecule has 7 nitrogen and oxygen atoms in total. The van der Waals surface area contributed by atoms with Crippen molar-refractivity contribution in [3.8, 4) is 0 Å². The Morgan fingerprint density at radius 2 is 1.64 bits per heavy atom. The molecule has 0 aromatic heterocycles. The highest BCUT2D eigenvalue weighted by atomic mass is 19.1. The van der Waals surface area contributed by atoms with Crippen LogP contribution in [0.4, 0.5) is 4.39 Å². The first kappa shape index (κ1) is 26.6. The van der Waals surface area contributed by atoms with Crippen LogP contribution in [0, 0.1) is 12.7 Å². The molecule has 0 N–H and O–H groups in total. The minimum absolute atomic E-state index is 0.0325. The van der Waals surface area contributed by atoms with Gasteiger partial charge in [0, 0.05) is 50.7 Å². The van der Waals surface area contributed by atoms with Crippen molar-refractivity contribution in [1.29, 1.82) is 0 Å². The van der Waals surface area contributed by atoms with Crippen LogP contribution < -0.4 is 0 Å². The highest BCUT2D eigenvalue weighted by molar-refractivity contribution is 5.99. The largest absolute Gasteiger partial charge is 0.353 e. The van der Waals surface area contributed by atoms with Crippen LogP contribution in [0.15, 0.2) is 78.9 Å². The number of amides is 3. The van der Waals surface area contributed by atoms with Gasteiger partial charge in [-0.1, -0.05) is 54.6 Å². The SMILES string of the molecule is Cc1ccccc1C(=O)N1CCC2(CC1)OCC(C(=O)N(C)Cc1ccccc1)N2C(=O)c1cccc(F)c1. The summed E-state index contributed by atoms with van der Waals surface area (Å²) >= 11 is 0. The Labute approximate surface area is 227 Å². The molecule has 2 aliphatic rings. The monoisotopic (exact) mass is 529 g/mol. The molecule has 3 amide bonds. The first-order valence-electron chi connectivity index (χ1n) is 13.2. The zero-order valence-electron chi connectivity index (χ0n) is 22.2. The molecule has 2 saturated heterocycles. The third-order valence-electron chi connectivity index (χ3n) is 7.68. The summed E-state index contributed by atoms with van der Waals surface area (Å²) in [4.78, 5) is 45.7. The van der Waals surface area contributed by atoms with E-state index in [1.807, 2.05) is 61.5 Å². The van der Waals surface area contributed by atoms with E-state index in [0.29, 0.717) is 38.0 Å². The van der Waals surface area contributed by atoms with Gasteiger partial charge in [-0.25, -0.2) is 4.39 Å². The Balaban J connectivity index is 1.40. The van der Waals surface area contributed by atoms with E-state index in [4.69, 9.17) is 4.74 Å². The summed E-state index contributed by atoms with van der Waals surface area (Å²) in [5.41, 5.74) is 1.59. The average molecular weight is 530 g/mol. The van der Waals surface area contributed by atoms with Crippen molar-refractivity contribution in [3.05, 3.63) is 107 Å². The number of rotatable bonds is 5. The average Bonchev–Trinajstić information content (AvgIpc) is 3.31. The van der Waals surface area contributed by atoms with Crippen LogP contribution in [0.5, 0.6) is 0 Å². The van der Waals surface area contributed by atoms with Gasteiger partial charge in [0.15, 0.2) is 0 Å². The fourth-order valence-electron chi connectivity index (χ4n) is 5.55. The van der Waals surface area contributed by atoms with E-state index in [1.165, 1.54) is 23.1 Å². The van der Waals surface area contributed by atoms with Crippen LogP contribution in [-0.4, -0.2) is 70.9 Å². The molecule has 2 heterocycles. The van der Waals surface area contributed by atoms with Gasteiger partial charge in [0.2, 0.25) is 5.91 Å². The van der Waals surface area contributed by atoms with Crippen molar-refractivity contribution < 1.29 is 23.5 Å². The Morgan fingerprint density at radius 1 is 0.949 bits per heavy atom. The zero-order valence-corrected chi connectivity index (χ0v) is 22.2. The molecule has 2 fully saturated rings. The van der Waals surface area contributed by atoms with Crippen LogP contribution in [0.3, 0.4) is 0 Å². The molecular formula is C31H32FN3O4. The number of nitrogens with zero attached hydrogens (tertiary/aromatic N) is 3. The number of hydrogen-bond donors (Lipinski definition) is 0. The molecule has 0 bridgehead atoms. The molecule has 5 rings (SSSR count). The standard InChI is InChI=1S/C31H32FN3O4/c1-22-9-6-7-14-26(22)29(37)34-17-15-31(16-18-34)35(28(36)24-12-8-13-25(32)19-24)27(21-39-31)30(38)33(2)20-23-10-4-3-5-11-23/h3-14,19,27H,15-18,20-21H2,1-2H3. The van der Waals surface area contributed by atoms with Gasteiger partial charge in [0.25, 0.3) is 11.8 Å². The molecule has 1 spiro atoms. The van der Waals surface area contributed by atoms with Crippen molar-refractivity contribution in [1.82, 2.24) is 14.7 Å². The Kier molecular flexibility index (Phi) is 7.48. The highest BCUT2D eigenvalue weighted by Gasteiger charge is 2.54. The molecule has 0 aliphatic carbocycles. The lowest BCUT2D eigenvalue weighted by molar-refractivity contribution is -0.137. The number of ether oxygens (including phenoxy) is 1. The number of halogens is 1. The minimum Gasteiger partial charge on any atom is -0.353 e. The summed E-state index contributed by atoms with van der Waals surface area (Å²) in [5, 5.41) is 0. The van der Waals surface area contributed by atoms with Crippen LogP contribution in [0.25, 0.3) is 0 Å². The third-order valence-corrected chi connectivity index (χ3v) is 7.68. The maximum atomic E-state index is 14.1. The van der Waals surface area contributed by atoms with Gasteiger partial charge in [0.05, 0.1) is 6.61 Å². The normalized spacial score (nSPS) is 18.3. The second kappa shape index (κ2) is 11.0. The number of aryl methyl sites for hydroxylation is 1. The molecule has 8 heteroatoms. The fraction of sp³-hybridized carbons (Fsp3) is 0.323. The molecule has 3 aromatic rings. The number of hydrogen-bond acceptors (Lipinski definition) is 4. The van der Waals surface area contributed by atoms with Crippen LogP contribution in [0.2, 0.25) is 0 Å². The van der Waals surface area contributed by atoms with Crippen molar-refractivity contribution in [3.63, 3.8) is 0 Å². The van der Waals surface area contributed by atoms with E-state index in [-0.39, 0.29) is 24.0 Å². The van der Waals surface area contributed by atoms with E-state index in [0.717, 1.165) is 11.1 Å². The summed E-state index contributed by atoms with van der Waals surface area (Å²) < 4.78 is 20.4. The summed E-state index contributed by atoms with van der Waals surface area (Å²) in [5.74, 6) is -1.31. The topological polar surface area (TPSA) is 70.2 Å². The molecule has 0 radical (unpaired) electrons. The lowest BCUT2D eigenvalue weighted by atomic mass is 9.95. The van der Waals surface area contributed by atoms with E-state index < -0.39 is 23.5 Å². The van der Waals surface area contributed by atoms with Crippen molar-refractivity contribution in [2.45, 2.75) is 38.1 Å². The smallest absolute Gasteiger partial charge is 0.256 e. The lowest BCUT2D eigenvalue weighted by Crippen LogP contribution is -2.59. The van der Waals surface area contributed by atoms with Gasteiger partial charge in [-0.3, -0.25) is 19.3 Å². The van der Waals surface area contributed by atoms with Gasteiger partial charge in [-0.15, -0.1) is 0 Å². The molecule has 1 atom stereocenters. The van der Waals surface area contributed by atoms with Crippen molar-refractivity contribution in [2.75, 3.05) is 26.7 Å². The second-order valence-corrected chi connectivity index (χ2v) is 10.2. The first-order valence-corrected chi connectivity index (χ1v) is 13.2. The van der Waals surface area contributed by atoms with Gasteiger partial charge < -0.3 is 14.5 Å². The highest BCUT2D eigenvalue weighted by Crippen LogP contribution is 2.39. The number of likely N-dealkylation sites (N-methyl/N-ethyl adjacent to an activating group) is 1. The number of likely N-dealkylation sites (tertiary alicyclic amines) is 1. The summed E-state index contributed by atoms with van der Waals surface area (Å²) in [6.07, 6.45) is 0.690. The van der Waals surface area contributed by atoms with E-state index in [1.54, 1.807) is 22.9 Å². The maximum Gasteiger partial charge on any atom is 0.256 e. The maximum absolute atomic E-state index is 14.1. The van der Waals surface area contributed by atoms with Gasteiger partial charge in [-0.2, -0.15) is 0 Å². The van der Waals surface area contributed by atoms with Crippen molar-refractivity contribution >= 4 is 17.7 Å². The predicted octanol–water partition coefficient (Wildman–Crippen LogP) is 4.27. The summed E-state index contributed by atoms with van der Waals surface area (Å²) in [7, 11) is 1.70. The molecule has 39 heavy (non-hydrogen) atoms. The molecular weight excluding hydrogens is 497 g/mol. The van der Waals surface area contributed by atoms with E-state index >= 15 is 0 Å². The molecule has 2 aliphatic heterocycles. The van der Waals surface area contributed by atoms with Gasteiger partial charge in [0.1, 0.15) is 17.6 Å². The second-order valence-electron chi connectivity index (χ2n) is 10.2. The molecule has 202 valence electrons. The summed E-state index contributed by atoms with van der Waals surface area (Å²) in [6.45, 7) is 3.04. The Bertz CT molecular complexity index is 1370. The Morgan fingerprint density at radius 3 is 2.33 bits per heavy atom. The van der Waals surface area contributed by atoms with Crippen LogP contribution in [0.1, 0.15) is 44.7 Å². The molecule has 1 unspecified atom stereocenters.